The number of aromatic amines is 1. The zero-order valence-electron chi connectivity index (χ0n) is 18.4. The van der Waals surface area contributed by atoms with E-state index in [1.165, 1.54) is 30.0 Å². The molecule has 0 aliphatic carbocycles. The smallest absolute Gasteiger partial charge is 0.422 e. The number of nitrogens with zero attached hydrogens (tertiary/aromatic N) is 2. The standard InChI is InChI=1S/C24H21F4N3OS2/c1-14-10-29-21(15(2)22(14)33-11-16-5-3-4-6-18(16)25)12-34-23-30-19-8-7-17(9-20(19)31-23)32-13-24(26,27)28/h3-10H,11-13H2,1-2H3,(H,30,31). The first-order valence-electron chi connectivity index (χ1n) is 10.3. The molecular formula is C24H21F4N3OS2. The van der Waals surface area contributed by atoms with Crippen molar-refractivity contribution in [2.45, 2.75) is 41.6 Å². The van der Waals surface area contributed by atoms with Gasteiger partial charge in [-0.1, -0.05) is 30.0 Å². The van der Waals surface area contributed by atoms with Crippen LogP contribution in [0.4, 0.5) is 17.6 Å². The lowest BCUT2D eigenvalue weighted by atomic mass is 10.2. The first-order valence-corrected chi connectivity index (χ1v) is 12.3. The predicted molar refractivity (Wildman–Crippen MR) is 127 cm³/mol. The maximum absolute atomic E-state index is 14.0. The van der Waals surface area contributed by atoms with Crippen LogP contribution in [0.3, 0.4) is 0 Å². The number of thioether (sulfide) groups is 2. The Kier molecular flexibility index (Phi) is 7.37. The number of hydrogen-bond acceptors (Lipinski definition) is 5. The molecular weight excluding hydrogens is 486 g/mol. The van der Waals surface area contributed by atoms with E-state index in [4.69, 9.17) is 4.74 Å². The Morgan fingerprint density at radius 3 is 2.59 bits per heavy atom. The van der Waals surface area contributed by atoms with Crippen molar-refractivity contribution >= 4 is 34.6 Å². The lowest BCUT2D eigenvalue weighted by molar-refractivity contribution is -0.153. The fraction of sp³-hybridized carbons (Fsp3) is 0.250. The maximum atomic E-state index is 14.0. The van der Waals surface area contributed by atoms with E-state index in [0.717, 1.165) is 21.7 Å². The molecule has 0 unspecified atom stereocenters. The summed E-state index contributed by atoms with van der Waals surface area (Å²) in [5, 5.41) is 0.630. The number of halogens is 4. The van der Waals surface area contributed by atoms with Crippen molar-refractivity contribution in [2.75, 3.05) is 6.61 Å². The van der Waals surface area contributed by atoms with Gasteiger partial charge in [-0.25, -0.2) is 9.37 Å². The van der Waals surface area contributed by atoms with Gasteiger partial charge >= 0.3 is 6.18 Å². The molecule has 4 rings (SSSR count). The lowest BCUT2D eigenvalue weighted by Gasteiger charge is -2.13. The number of H-pyrrole nitrogens is 1. The van der Waals surface area contributed by atoms with Crippen molar-refractivity contribution < 1.29 is 22.3 Å². The van der Waals surface area contributed by atoms with Crippen molar-refractivity contribution in [3.63, 3.8) is 0 Å². The van der Waals surface area contributed by atoms with Gasteiger partial charge in [-0.15, -0.1) is 11.8 Å². The first-order chi connectivity index (χ1) is 16.2. The number of hydrogen-bond donors (Lipinski definition) is 1. The van der Waals surface area contributed by atoms with Gasteiger partial charge in [0, 0.05) is 28.7 Å². The van der Waals surface area contributed by atoms with E-state index >= 15 is 0 Å². The van der Waals surface area contributed by atoms with Gasteiger partial charge in [-0.2, -0.15) is 13.2 Å². The Morgan fingerprint density at radius 1 is 1.03 bits per heavy atom. The zero-order chi connectivity index (χ0) is 24.3. The summed E-state index contributed by atoms with van der Waals surface area (Å²) < 4.78 is 56.0. The average molecular weight is 508 g/mol. The van der Waals surface area contributed by atoms with Gasteiger partial charge in [-0.3, -0.25) is 4.98 Å². The number of rotatable bonds is 8. The van der Waals surface area contributed by atoms with Crippen LogP contribution in [0.15, 0.2) is 58.7 Å². The highest BCUT2D eigenvalue weighted by atomic mass is 32.2. The minimum absolute atomic E-state index is 0.123. The number of fused-ring (bicyclic) bond motifs is 1. The zero-order valence-corrected chi connectivity index (χ0v) is 20.0. The summed E-state index contributed by atoms with van der Waals surface area (Å²) in [6.45, 7) is 2.64. The Balaban J connectivity index is 1.44. The molecule has 34 heavy (non-hydrogen) atoms. The molecule has 0 bridgehead atoms. The lowest BCUT2D eigenvalue weighted by Crippen LogP contribution is -2.19. The number of imidazole rings is 1. The third-order valence-electron chi connectivity index (χ3n) is 5.06. The van der Waals surface area contributed by atoms with E-state index in [1.807, 2.05) is 26.1 Å². The van der Waals surface area contributed by atoms with E-state index in [2.05, 4.69) is 15.0 Å². The van der Waals surface area contributed by atoms with Crippen LogP contribution in [0, 0.1) is 19.7 Å². The number of alkyl halides is 3. The van der Waals surface area contributed by atoms with Crippen LogP contribution in [0.2, 0.25) is 0 Å². The number of aromatic nitrogens is 3. The van der Waals surface area contributed by atoms with E-state index in [9.17, 15) is 17.6 Å². The summed E-state index contributed by atoms with van der Waals surface area (Å²) >= 11 is 3.03. The van der Waals surface area contributed by atoms with Crippen LogP contribution < -0.4 is 4.74 Å². The Hall–Kier alpha value is -2.72. The molecule has 4 nitrogen and oxygen atoms in total. The van der Waals surface area contributed by atoms with Crippen LogP contribution >= 0.6 is 23.5 Å². The van der Waals surface area contributed by atoms with Gasteiger partial charge in [0.25, 0.3) is 0 Å². The minimum atomic E-state index is -4.39. The second-order valence-electron chi connectivity index (χ2n) is 7.64. The number of aryl methyl sites for hydroxylation is 1. The molecule has 2 heterocycles. The number of pyridine rings is 1. The van der Waals surface area contributed by atoms with Crippen molar-refractivity contribution in [1.29, 1.82) is 0 Å². The van der Waals surface area contributed by atoms with E-state index in [1.54, 1.807) is 30.0 Å². The van der Waals surface area contributed by atoms with Gasteiger partial charge in [-0.05, 0) is 48.7 Å². The second kappa shape index (κ2) is 10.3. The van der Waals surface area contributed by atoms with Crippen molar-refractivity contribution in [2.24, 2.45) is 0 Å². The molecule has 2 aromatic carbocycles. The largest absolute Gasteiger partial charge is 0.484 e. The summed E-state index contributed by atoms with van der Waals surface area (Å²) in [6, 6.07) is 11.3. The molecule has 0 saturated carbocycles. The van der Waals surface area contributed by atoms with Gasteiger partial charge < -0.3 is 9.72 Å². The molecule has 10 heteroatoms. The maximum Gasteiger partial charge on any atom is 0.422 e. The predicted octanol–water partition coefficient (Wildman–Crippen LogP) is 7.24. The molecule has 0 amide bonds. The van der Waals surface area contributed by atoms with Gasteiger partial charge in [0.15, 0.2) is 11.8 Å². The summed E-state index contributed by atoms with van der Waals surface area (Å²) in [6.07, 6.45) is -2.58. The molecule has 178 valence electrons. The fourth-order valence-electron chi connectivity index (χ4n) is 3.32. The van der Waals surface area contributed by atoms with Gasteiger partial charge in [0.2, 0.25) is 0 Å². The highest BCUT2D eigenvalue weighted by Gasteiger charge is 2.28. The molecule has 4 aromatic rings. The van der Waals surface area contributed by atoms with Gasteiger partial charge in [0.1, 0.15) is 11.6 Å². The van der Waals surface area contributed by atoms with Crippen molar-refractivity contribution in [3.05, 3.63) is 76.9 Å². The average Bonchev–Trinajstić information content (AvgIpc) is 3.20. The Bertz CT molecular complexity index is 1310. The molecule has 0 spiro atoms. The Morgan fingerprint density at radius 2 is 1.82 bits per heavy atom. The molecule has 1 N–H and O–H groups in total. The molecule has 0 fully saturated rings. The number of benzene rings is 2. The van der Waals surface area contributed by atoms with Crippen molar-refractivity contribution in [1.82, 2.24) is 15.0 Å². The second-order valence-corrected chi connectivity index (χ2v) is 9.59. The third-order valence-corrected chi connectivity index (χ3v) is 7.31. The summed E-state index contributed by atoms with van der Waals surface area (Å²) in [5.74, 6) is 0.980. The molecule has 2 aromatic heterocycles. The number of nitrogens with one attached hydrogen (secondary N) is 1. The van der Waals surface area contributed by atoms with Crippen LogP contribution in [-0.4, -0.2) is 27.7 Å². The summed E-state index contributed by atoms with van der Waals surface area (Å²) in [7, 11) is 0. The molecule has 0 atom stereocenters. The molecule has 0 aliphatic heterocycles. The third kappa shape index (κ3) is 6.04. The molecule has 0 radical (unpaired) electrons. The first kappa shape index (κ1) is 24.4. The SMILES string of the molecule is Cc1cnc(CSc2nc3ccc(OCC(F)(F)F)cc3[nH]2)c(C)c1SCc1ccccc1F. The normalized spacial score (nSPS) is 11.8. The van der Waals surface area contributed by atoms with Crippen LogP contribution in [0.25, 0.3) is 11.0 Å². The summed E-state index contributed by atoms with van der Waals surface area (Å²) in [4.78, 5) is 13.2. The van der Waals surface area contributed by atoms with Crippen molar-refractivity contribution in [3.8, 4) is 5.75 Å². The van der Waals surface area contributed by atoms with Crippen LogP contribution in [-0.2, 0) is 11.5 Å². The number of ether oxygens (including phenoxy) is 1. The van der Waals surface area contributed by atoms with E-state index in [0.29, 0.717) is 33.3 Å². The quantitative estimate of drug-likeness (QED) is 0.201. The minimum Gasteiger partial charge on any atom is -0.484 e. The topological polar surface area (TPSA) is 50.8 Å². The van der Waals surface area contributed by atoms with Gasteiger partial charge in [0.05, 0.1) is 16.7 Å². The molecule has 0 saturated heterocycles. The highest BCUT2D eigenvalue weighted by molar-refractivity contribution is 7.98. The monoisotopic (exact) mass is 507 g/mol. The summed E-state index contributed by atoms with van der Waals surface area (Å²) in [5.41, 5.74) is 4.84. The van der Waals surface area contributed by atoms with E-state index in [-0.39, 0.29) is 11.6 Å². The molecule has 0 aliphatic rings. The Labute approximate surface area is 202 Å². The fourth-order valence-corrected chi connectivity index (χ4v) is 5.37. The van der Waals surface area contributed by atoms with E-state index < -0.39 is 12.8 Å². The van der Waals surface area contributed by atoms with Crippen LogP contribution in [0.1, 0.15) is 22.4 Å². The highest BCUT2D eigenvalue weighted by Crippen LogP contribution is 2.33. The van der Waals surface area contributed by atoms with Crippen LogP contribution in [0.5, 0.6) is 5.75 Å².